The van der Waals surface area contributed by atoms with Crippen LogP contribution in [-0.2, 0) is 23.8 Å². The first-order valence-corrected chi connectivity index (χ1v) is 27.5. The summed E-state index contributed by atoms with van der Waals surface area (Å²) in [6.45, 7) is 7.80. The van der Waals surface area contributed by atoms with Gasteiger partial charge in [-0.3, -0.25) is 9.59 Å². The Kier molecular flexibility index (Phi) is 51.8. The fourth-order valence-corrected chi connectivity index (χ4v) is 7.99. The van der Waals surface area contributed by atoms with Crippen LogP contribution in [0.25, 0.3) is 0 Å². The van der Waals surface area contributed by atoms with E-state index in [1.165, 1.54) is 205 Å². The van der Waals surface area contributed by atoms with Crippen LogP contribution in [0.3, 0.4) is 0 Å². The highest BCUT2D eigenvalue weighted by atomic mass is 16.6. The highest BCUT2D eigenvalue weighted by Gasteiger charge is 2.17. The minimum absolute atomic E-state index is 0.0835. The summed E-state index contributed by atoms with van der Waals surface area (Å²) < 4.78 is 17.4. The van der Waals surface area contributed by atoms with Crippen molar-refractivity contribution in [1.82, 2.24) is 0 Å². The van der Waals surface area contributed by atoms with Gasteiger partial charge in [0, 0.05) is 19.4 Å². The van der Waals surface area contributed by atoms with E-state index in [1.807, 2.05) is 0 Å². The van der Waals surface area contributed by atoms with Gasteiger partial charge in [0.1, 0.15) is 6.61 Å². The predicted octanol–water partition coefficient (Wildman–Crippen LogP) is 18.6. The largest absolute Gasteiger partial charge is 0.462 e. The first-order chi connectivity index (χ1) is 30.6. The van der Waals surface area contributed by atoms with E-state index in [-0.39, 0.29) is 25.2 Å². The van der Waals surface area contributed by atoms with Crippen molar-refractivity contribution < 1.29 is 23.8 Å². The first kappa shape index (κ1) is 60.1. The average Bonchev–Trinajstić information content (AvgIpc) is 3.27. The summed E-state index contributed by atoms with van der Waals surface area (Å²) in [7, 11) is 0. The number of hydrogen-bond acceptors (Lipinski definition) is 5. The Bertz CT molecular complexity index is 986. The summed E-state index contributed by atoms with van der Waals surface area (Å²) in [5, 5.41) is 0. The molecule has 0 fully saturated rings. The molecule has 0 heterocycles. The zero-order valence-electron chi connectivity index (χ0n) is 41.9. The zero-order chi connectivity index (χ0) is 44.9. The molecule has 0 aliphatic rings. The molecule has 364 valence electrons. The van der Waals surface area contributed by atoms with E-state index < -0.39 is 6.10 Å². The Hall–Kier alpha value is -1.88. The molecule has 62 heavy (non-hydrogen) atoms. The monoisotopic (exact) mass is 871 g/mol. The molecule has 0 N–H and O–H groups in total. The third-order valence-electron chi connectivity index (χ3n) is 12.1. The maximum Gasteiger partial charge on any atom is 0.306 e. The predicted molar refractivity (Wildman–Crippen MR) is 270 cm³/mol. The summed E-state index contributed by atoms with van der Waals surface area (Å²) in [4.78, 5) is 25.4. The number of esters is 2. The fourth-order valence-electron chi connectivity index (χ4n) is 7.99. The second kappa shape index (κ2) is 53.5. The van der Waals surface area contributed by atoms with E-state index in [9.17, 15) is 9.59 Å². The van der Waals surface area contributed by atoms with Crippen molar-refractivity contribution in [3.63, 3.8) is 0 Å². The Morgan fingerprint density at radius 2 is 0.694 bits per heavy atom. The molecule has 1 unspecified atom stereocenters. The summed E-state index contributed by atoms with van der Waals surface area (Å²) in [5.74, 6) is -0.393. The second-order valence-corrected chi connectivity index (χ2v) is 18.5. The summed E-state index contributed by atoms with van der Waals surface area (Å²) >= 11 is 0. The Labute approximate surface area is 387 Å². The molecule has 0 amide bonds. The van der Waals surface area contributed by atoms with Gasteiger partial charge in [0.2, 0.25) is 0 Å². The average molecular weight is 871 g/mol. The van der Waals surface area contributed by atoms with E-state index >= 15 is 0 Å². The molecule has 0 saturated carbocycles. The standard InChI is InChI=1S/C57H106O5/c1-4-7-10-13-16-19-22-25-27-29-31-33-35-38-41-44-47-50-56(58)61-54-55(53-60-52-49-46-43-40-37-24-21-18-15-12-9-6-3)62-57(59)51-48-45-42-39-36-34-32-30-28-26-23-20-17-14-11-8-5-2/h15-16,18-19,25,27,55H,4-14,17,20-24,26,28-54H2,1-3H3/b18-15-,19-16-,27-25-. The normalized spacial score (nSPS) is 12.4. The van der Waals surface area contributed by atoms with Gasteiger partial charge in [0.15, 0.2) is 6.10 Å². The molecule has 5 heteroatoms. The van der Waals surface area contributed by atoms with Crippen LogP contribution < -0.4 is 0 Å². The molecular weight excluding hydrogens is 765 g/mol. The van der Waals surface area contributed by atoms with E-state index in [1.54, 1.807) is 0 Å². The lowest BCUT2D eigenvalue weighted by atomic mass is 10.0. The van der Waals surface area contributed by atoms with Crippen molar-refractivity contribution in [2.75, 3.05) is 19.8 Å². The Balaban J connectivity index is 4.22. The highest BCUT2D eigenvalue weighted by Crippen LogP contribution is 2.16. The van der Waals surface area contributed by atoms with Gasteiger partial charge in [-0.15, -0.1) is 0 Å². The smallest absolute Gasteiger partial charge is 0.306 e. The van der Waals surface area contributed by atoms with Crippen LogP contribution in [0.1, 0.15) is 290 Å². The lowest BCUT2D eigenvalue weighted by molar-refractivity contribution is -0.163. The SMILES string of the molecule is CCCC/C=C\CCCCCCCCOCC(COC(=O)CCCCCCCCC/C=C\C/C=C\CCCCC)OC(=O)CCCCCCCCCCCCCCCCCCC. The third kappa shape index (κ3) is 50.8. The number of allylic oxidation sites excluding steroid dienone is 6. The van der Waals surface area contributed by atoms with Crippen molar-refractivity contribution in [2.24, 2.45) is 0 Å². The van der Waals surface area contributed by atoms with Crippen LogP contribution in [0.2, 0.25) is 0 Å². The number of rotatable bonds is 51. The lowest BCUT2D eigenvalue weighted by Gasteiger charge is -2.18. The van der Waals surface area contributed by atoms with Gasteiger partial charge in [0.05, 0.1) is 6.61 Å². The first-order valence-electron chi connectivity index (χ1n) is 27.5. The summed E-state index contributed by atoms with van der Waals surface area (Å²) in [6.07, 6.45) is 64.4. The van der Waals surface area contributed by atoms with E-state index in [2.05, 4.69) is 57.2 Å². The maximum absolute atomic E-state index is 12.8. The quantitative estimate of drug-likeness (QED) is 0.0346. The van der Waals surface area contributed by atoms with Crippen molar-refractivity contribution in [2.45, 2.75) is 297 Å². The van der Waals surface area contributed by atoms with Crippen LogP contribution >= 0.6 is 0 Å². The molecule has 0 rings (SSSR count). The van der Waals surface area contributed by atoms with E-state index in [4.69, 9.17) is 14.2 Å². The molecule has 0 aromatic heterocycles. The molecule has 0 aliphatic carbocycles. The van der Waals surface area contributed by atoms with Gasteiger partial charge in [-0.1, -0.05) is 243 Å². The zero-order valence-corrected chi connectivity index (χ0v) is 41.9. The minimum Gasteiger partial charge on any atom is -0.462 e. The van der Waals surface area contributed by atoms with E-state index in [0.717, 1.165) is 51.4 Å². The van der Waals surface area contributed by atoms with Gasteiger partial charge in [-0.2, -0.15) is 0 Å². The van der Waals surface area contributed by atoms with Crippen LogP contribution in [0.4, 0.5) is 0 Å². The highest BCUT2D eigenvalue weighted by molar-refractivity contribution is 5.70. The molecule has 0 aromatic rings. The topological polar surface area (TPSA) is 61.8 Å². The number of hydrogen-bond donors (Lipinski definition) is 0. The maximum atomic E-state index is 12.8. The number of carbonyl (C=O) groups is 2. The number of carbonyl (C=O) groups excluding carboxylic acids is 2. The molecule has 0 aromatic carbocycles. The molecule has 1 atom stereocenters. The van der Waals surface area contributed by atoms with Gasteiger partial charge in [0.25, 0.3) is 0 Å². The Morgan fingerprint density at radius 1 is 0.355 bits per heavy atom. The van der Waals surface area contributed by atoms with Crippen LogP contribution in [-0.4, -0.2) is 37.9 Å². The second-order valence-electron chi connectivity index (χ2n) is 18.5. The van der Waals surface area contributed by atoms with Gasteiger partial charge >= 0.3 is 11.9 Å². The third-order valence-corrected chi connectivity index (χ3v) is 12.1. The summed E-state index contributed by atoms with van der Waals surface area (Å²) in [5.41, 5.74) is 0. The van der Waals surface area contributed by atoms with Gasteiger partial charge < -0.3 is 14.2 Å². The van der Waals surface area contributed by atoms with Crippen molar-refractivity contribution in [1.29, 1.82) is 0 Å². The van der Waals surface area contributed by atoms with E-state index in [0.29, 0.717) is 19.4 Å². The molecule has 0 radical (unpaired) electrons. The molecular formula is C57H106O5. The van der Waals surface area contributed by atoms with Gasteiger partial charge in [-0.25, -0.2) is 0 Å². The molecule has 0 bridgehead atoms. The van der Waals surface area contributed by atoms with Crippen LogP contribution in [0.5, 0.6) is 0 Å². The number of ether oxygens (including phenoxy) is 3. The Morgan fingerprint density at radius 3 is 1.16 bits per heavy atom. The fraction of sp³-hybridized carbons (Fsp3) is 0.860. The van der Waals surface area contributed by atoms with Crippen molar-refractivity contribution in [3.8, 4) is 0 Å². The lowest BCUT2D eigenvalue weighted by Crippen LogP contribution is -2.30. The van der Waals surface area contributed by atoms with Crippen LogP contribution in [0, 0.1) is 0 Å². The minimum atomic E-state index is -0.538. The van der Waals surface area contributed by atoms with Crippen molar-refractivity contribution in [3.05, 3.63) is 36.5 Å². The molecule has 0 aliphatic heterocycles. The molecule has 0 spiro atoms. The molecule has 0 saturated heterocycles. The van der Waals surface area contributed by atoms with Crippen molar-refractivity contribution >= 4 is 11.9 Å². The van der Waals surface area contributed by atoms with Gasteiger partial charge in [-0.05, 0) is 70.6 Å². The van der Waals surface area contributed by atoms with Crippen LogP contribution in [0.15, 0.2) is 36.5 Å². The number of unbranched alkanes of at least 4 members (excludes halogenated alkanes) is 34. The summed E-state index contributed by atoms with van der Waals surface area (Å²) in [6, 6.07) is 0. The molecule has 5 nitrogen and oxygen atoms in total.